The van der Waals surface area contributed by atoms with Crippen molar-refractivity contribution < 1.29 is 9.59 Å². The topological polar surface area (TPSA) is 34.1 Å². The van der Waals surface area contributed by atoms with Gasteiger partial charge in [0.1, 0.15) is 0 Å². The maximum atomic E-state index is 11.1. The average molecular weight is 238 g/mol. The molecule has 0 N–H and O–H groups in total. The molecule has 2 nitrogen and oxygen atoms in total. The molecule has 0 aliphatic carbocycles. The highest BCUT2D eigenvalue weighted by Gasteiger charge is 2.03. The van der Waals surface area contributed by atoms with Crippen LogP contribution in [0.3, 0.4) is 0 Å². The summed E-state index contributed by atoms with van der Waals surface area (Å²) in [5, 5.41) is 0. The van der Waals surface area contributed by atoms with Gasteiger partial charge in [-0.2, -0.15) is 0 Å². The first kappa shape index (κ1) is 12.2. The Balaban J connectivity index is 1.99. The lowest BCUT2D eigenvalue weighted by Crippen LogP contribution is -2.00. The Hall–Kier alpha value is -2.22. The normalized spacial score (nSPS) is 10.0. The molecular weight excluding hydrogens is 224 g/mol. The molecule has 0 radical (unpaired) electrons. The molecule has 0 atom stereocenters. The van der Waals surface area contributed by atoms with Gasteiger partial charge in [-0.1, -0.05) is 54.6 Å². The molecule has 18 heavy (non-hydrogen) atoms. The lowest BCUT2D eigenvalue weighted by atomic mass is 10.0. The number of benzene rings is 2. The van der Waals surface area contributed by atoms with Crippen LogP contribution in [0.1, 0.15) is 21.5 Å². The maximum Gasteiger partial charge on any atom is 0.225 e. The number of aldehydes is 1. The van der Waals surface area contributed by atoms with Crippen LogP contribution < -0.4 is 0 Å². The highest BCUT2D eigenvalue weighted by atomic mass is 16.2. The number of hydrogen-bond acceptors (Lipinski definition) is 2. The van der Waals surface area contributed by atoms with Gasteiger partial charge in [0.25, 0.3) is 0 Å². The molecule has 0 heterocycles. The van der Waals surface area contributed by atoms with Crippen LogP contribution in [0.5, 0.6) is 0 Å². The minimum atomic E-state index is -0.468. The van der Waals surface area contributed by atoms with Gasteiger partial charge in [0, 0.05) is 5.56 Å². The predicted molar refractivity (Wildman–Crippen MR) is 70.7 cm³/mol. The van der Waals surface area contributed by atoms with Crippen molar-refractivity contribution in [1.82, 2.24) is 0 Å². The van der Waals surface area contributed by atoms with Gasteiger partial charge in [-0.3, -0.25) is 9.59 Å². The minimum absolute atomic E-state index is 0.346. The zero-order valence-electron chi connectivity index (χ0n) is 10.0. The molecule has 0 fully saturated rings. The summed E-state index contributed by atoms with van der Waals surface area (Å²) in [5.41, 5.74) is 2.92. The van der Waals surface area contributed by atoms with Crippen molar-refractivity contribution >= 4 is 12.1 Å². The van der Waals surface area contributed by atoms with Gasteiger partial charge in [0.15, 0.2) is 6.29 Å². The van der Waals surface area contributed by atoms with Gasteiger partial charge in [-0.05, 0) is 24.0 Å². The Morgan fingerprint density at radius 3 is 1.94 bits per heavy atom. The molecule has 2 heteroatoms. The maximum absolute atomic E-state index is 11.1. The van der Waals surface area contributed by atoms with E-state index in [-0.39, 0.29) is 0 Å². The van der Waals surface area contributed by atoms with Crippen LogP contribution in [-0.4, -0.2) is 12.1 Å². The Kier molecular flexibility index (Phi) is 4.02. The highest BCUT2D eigenvalue weighted by Crippen LogP contribution is 2.09. The Morgan fingerprint density at radius 1 is 0.833 bits per heavy atom. The van der Waals surface area contributed by atoms with Gasteiger partial charge in [-0.15, -0.1) is 0 Å². The lowest BCUT2D eigenvalue weighted by Gasteiger charge is -2.02. The van der Waals surface area contributed by atoms with Crippen LogP contribution in [0, 0.1) is 0 Å². The second-order valence-electron chi connectivity index (χ2n) is 4.16. The van der Waals surface area contributed by atoms with Crippen molar-refractivity contribution in [3.63, 3.8) is 0 Å². The number of rotatable bonds is 5. The molecular formula is C16H14O2. The summed E-state index contributed by atoms with van der Waals surface area (Å²) >= 11 is 0. The van der Waals surface area contributed by atoms with Crippen molar-refractivity contribution in [3.8, 4) is 0 Å². The number of carbonyl (C=O) groups excluding carboxylic acids is 2. The molecule has 0 spiro atoms. The number of aryl methyl sites for hydroxylation is 2. The molecule has 90 valence electrons. The fourth-order valence-electron chi connectivity index (χ4n) is 1.84. The van der Waals surface area contributed by atoms with E-state index >= 15 is 0 Å². The molecule has 2 rings (SSSR count). The van der Waals surface area contributed by atoms with E-state index in [4.69, 9.17) is 0 Å². The number of hydrogen-bond donors (Lipinski definition) is 0. The van der Waals surface area contributed by atoms with Gasteiger partial charge in [-0.25, -0.2) is 0 Å². The van der Waals surface area contributed by atoms with Crippen molar-refractivity contribution in [1.29, 1.82) is 0 Å². The second kappa shape index (κ2) is 5.92. The minimum Gasteiger partial charge on any atom is -0.294 e. The molecule has 0 saturated heterocycles. The van der Waals surface area contributed by atoms with E-state index < -0.39 is 5.78 Å². The van der Waals surface area contributed by atoms with Crippen molar-refractivity contribution in [3.05, 3.63) is 71.3 Å². The van der Waals surface area contributed by atoms with Crippen LogP contribution in [0.15, 0.2) is 54.6 Å². The molecule has 0 amide bonds. The smallest absolute Gasteiger partial charge is 0.225 e. The first-order chi connectivity index (χ1) is 8.79. The highest BCUT2D eigenvalue weighted by molar-refractivity contribution is 6.33. The first-order valence-corrected chi connectivity index (χ1v) is 5.92. The zero-order chi connectivity index (χ0) is 12.8. The van der Waals surface area contributed by atoms with Crippen LogP contribution in [0.25, 0.3) is 0 Å². The molecule has 0 unspecified atom stereocenters. The summed E-state index contributed by atoms with van der Waals surface area (Å²) in [6, 6.07) is 17.5. The average Bonchev–Trinajstić information content (AvgIpc) is 2.46. The molecule has 0 aromatic heterocycles. The quantitative estimate of drug-likeness (QED) is 0.456. The van der Waals surface area contributed by atoms with E-state index in [2.05, 4.69) is 12.1 Å². The first-order valence-electron chi connectivity index (χ1n) is 5.92. The van der Waals surface area contributed by atoms with Crippen LogP contribution in [-0.2, 0) is 17.6 Å². The van der Waals surface area contributed by atoms with E-state index in [9.17, 15) is 9.59 Å². The summed E-state index contributed by atoms with van der Waals surface area (Å²) in [7, 11) is 0. The van der Waals surface area contributed by atoms with Crippen molar-refractivity contribution in [2.75, 3.05) is 0 Å². The lowest BCUT2D eigenvalue weighted by molar-refractivity contribution is -0.104. The van der Waals surface area contributed by atoms with E-state index in [1.54, 1.807) is 12.1 Å². The van der Waals surface area contributed by atoms with E-state index in [1.807, 2.05) is 30.3 Å². The van der Waals surface area contributed by atoms with E-state index in [0.29, 0.717) is 11.8 Å². The summed E-state index contributed by atoms with van der Waals surface area (Å²) in [6.07, 6.45) is 2.25. The largest absolute Gasteiger partial charge is 0.294 e. The number of ketones is 1. The van der Waals surface area contributed by atoms with Crippen LogP contribution in [0.4, 0.5) is 0 Å². The Morgan fingerprint density at radius 2 is 1.39 bits per heavy atom. The fourth-order valence-corrected chi connectivity index (χ4v) is 1.84. The molecule has 0 saturated carbocycles. The fraction of sp³-hybridized carbons (Fsp3) is 0.125. The molecule has 2 aromatic carbocycles. The van der Waals surface area contributed by atoms with Crippen LogP contribution >= 0.6 is 0 Å². The molecule has 0 aliphatic heterocycles. The van der Waals surface area contributed by atoms with E-state index in [0.717, 1.165) is 12.8 Å². The summed E-state index contributed by atoms with van der Waals surface area (Å²) < 4.78 is 0. The monoisotopic (exact) mass is 238 g/mol. The third-order valence-electron chi connectivity index (χ3n) is 2.89. The molecule has 2 aromatic rings. The molecule has 0 bridgehead atoms. The Labute approximate surface area is 106 Å². The third-order valence-corrected chi connectivity index (χ3v) is 2.89. The van der Waals surface area contributed by atoms with Gasteiger partial charge >= 0.3 is 0 Å². The second-order valence-corrected chi connectivity index (χ2v) is 4.16. The number of carbonyl (C=O) groups is 2. The van der Waals surface area contributed by atoms with Crippen LogP contribution in [0.2, 0.25) is 0 Å². The zero-order valence-corrected chi connectivity index (χ0v) is 10.0. The SMILES string of the molecule is O=CC(=O)c1ccc(CCc2ccccc2)cc1. The predicted octanol–water partition coefficient (Wildman–Crippen LogP) is 2.85. The van der Waals surface area contributed by atoms with Crippen molar-refractivity contribution in [2.24, 2.45) is 0 Å². The third kappa shape index (κ3) is 3.14. The summed E-state index contributed by atoms with van der Waals surface area (Å²) in [5.74, 6) is -0.468. The van der Waals surface area contributed by atoms with Gasteiger partial charge in [0.2, 0.25) is 5.78 Å². The Bertz CT molecular complexity index is 527. The van der Waals surface area contributed by atoms with Gasteiger partial charge in [0.05, 0.1) is 0 Å². The summed E-state index contributed by atoms with van der Waals surface area (Å²) in [6.45, 7) is 0. The number of Topliss-reactive ketones (excluding diaryl/α,β-unsaturated/α-hetero) is 1. The molecule has 0 aliphatic rings. The van der Waals surface area contributed by atoms with E-state index in [1.165, 1.54) is 11.1 Å². The standard InChI is InChI=1S/C16H14O2/c17-12-16(18)15-10-8-14(9-11-15)7-6-13-4-2-1-3-5-13/h1-5,8-12H,6-7H2. The van der Waals surface area contributed by atoms with Crippen molar-refractivity contribution in [2.45, 2.75) is 12.8 Å². The summed E-state index contributed by atoms with van der Waals surface area (Å²) in [4.78, 5) is 21.5. The van der Waals surface area contributed by atoms with Gasteiger partial charge < -0.3 is 0 Å².